The molecule has 1 heterocycles. The molecule has 1 aromatic heterocycles. The van der Waals surface area contributed by atoms with Crippen molar-refractivity contribution in [2.45, 2.75) is 37.6 Å². The van der Waals surface area contributed by atoms with Gasteiger partial charge in [-0.1, -0.05) is 19.4 Å². The summed E-state index contributed by atoms with van der Waals surface area (Å²) >= 11 is 1.58. The molecule has 0 aliphatic heterocycles. The lowest BCUT2D eigenvalue weighted by atomic mass is 10.2. The fraction of sp³-hybridized carbons (Fsp3) is 0.500. The lowest BCUT2D eigenvalue weighted by molar-refractivity contribution is -0.139. The molecule has 0 saturated heterocycles. The van der Waals surface area contributed by atoms with Crippen molar-refractivity contribution in [2.75, 3.05) is 12.4 Å². The van der Waals surface area contributed by atoms with Gasteiger partial charge >= 0.3 is 11.7 Å². The third-order valence-corrected chi connectivity index (χ3v) is 3.53. The van der Waals surface area contributed by atoms with Crippen molar-refractivity contribution in [1.29, 1.82) is 0 Å². The first kappa shape index (κ1) is 16.5. The first-order valence-electron chi connectivity index (χ1n) is 6.61. The van der Waals surface area contributed by atoms with E-state index < -0.39 is 0 Å². The van der Waals surface area contributed by atoms with Gasteiger partial charge in [0, 0.05) is 11.8 Å². The molecule has 0 fully saturated rings. The fourth-order valence-corrected chi connectivity index (χ4v) is 2.33. The summed E-state index contributed by atoms with van der Waals surface area (Å²) < 4.78 is 5.00. The van der Waals surface area contributed by atoms with Crippen LogP contribution in [0.15, 0.2) is 34.2 Å². The Morgan fingerprint density at radius 3 is 2.85 bits per heavy atom. The van der Waals surface area contributed by atoms with Gasteiger partial charge in [-0.05, 0) is 31.6 Å². The van der Waals surface area contributed by atoms with Crippen molar-refractivity contribution < 1.29 is 9.53 Å². The van der Waals surface area contributed by atoms with E-state index in [9.17, 15) is 9.59 Å². The molecule has 6 heteroatoms. The lowest BCUT2D eigenvalue weighted by Crippen LogP contribution is -2.08. The number of carbonyl (C=O) groups is 1. The molecule has 0 amide bonds. The number of carbonyl (C=O) groups excluding carboxylic acids is 1. The van der Waals surface area contributed by atoms with E-state index in [0.29, 0.717) is 12.2 Å². The number of hydrogen-bond donors (Lipinski definition) is 1. The molecule has 110 valence electrons. The maximum Gasteiger partial charge on any atom is 0.345 e. The average Bonchev–Trinajstić information content (AvgIpc) is 2.41. The first-order valence-corrected chi connectivity index (χ1v) is 7.59. The number of nitrogens with zero attached hydrogens (tertiary/aromatic N) is 1. The molecule has 0 saturated carbocycles. The van der Waals surface area contributed by atoms with Gasteiger partial charge in [0.2, 0.25) is 0 Å². The van der Waals surface area contributed by atoms with E-state index in [1.165, 1.54) is 0 Å². The normalized spacial score (nSPS) is 10.2. The van der Waals surface area contributed by atoms with Crippen LogP contribution in [-0.4, -0.2) is 28.3 Å². The monoisotopic (exact) mass is 296 g/mol. The van der Waals surface area contributed by atoms with Crippen LogP contribution < -0.4 is 5.69 Å². The molecule has 1 N–H and O–H groups in total. The summed E-state index contributed by atoms with van der Waals surface area (Å²) in [5.74, 6) is 0.614. The van der Waals surface area contributed by atoms with Crippen molar-refractivity contribution >= 4 is 17.7 Å². The topological polar surface area (TPSA) is 72.1 Å². The highest BCUT2D eigenvalue weighted by Crippen LogP contribution is 2.15. The van der Waals surface area contributed by atoms with E-state index in [1.54, 1.807) is 30.9 Å². The standard InChI is InChI=1S/C14H20N2O3S/c1-11(2)13(17)19-9-5-3-4-6-10-20-12-7-8-15-14(18)16-12/h7-8H,1,3-6,9-10H2,2H3,(H,15,16,18). The Balaban J connectivity index is 1.99. The second-order valence-corrected chi connectivity index (χ2v) is 5.53. The number of unbranched alkanes of at least 4 members (excludes halogenated alkanes) is 3. The Morgan fingerprint density at radius 1 is 1.40 bits per heavy atom. The third-order valence-electron chi connectivity index (χ3n) is 2.51. The minimum Gasteiger partial charge on any atom is -0.462 e. The molecule has 0 spiro atoms. The molecular formula is C14H20N2O3S. The minimum atomic E-state index is -0.319. The summed E-state index contributed by atoms with van der Waals surface area (Å²) in [5, 5.41) is 0.754. The van der Waals surface area contributed by atoms with Crippen LogP contribution in [0.5, 0.6) is 0 Å². The number of H-pyrrole nitrogens is 1. The zero-order valence-corrected chi connectivity index (χ0v) is 12.5. The molecule has 0 radical (unpaired) electrons. The zero-order valence-electron chi connectivity index (χ0n) is 11.7. The number of ether oxygens (including phenoxy) is 1. The van der Waals surface area contributed by atoms with E-state index >= 15 is 0 Å². The molecule has 0 aromatic carbocycles. The number of thioether (sulfide) groups is 1. The minimum absolute atomic E-state index is 0.311. The smallest absolute Gasteiger partial charge is 0.345 e. The van der Waals surface area contributed by atoms with E-state index in [2.05, 4.69) is 16.5 Å². The Morgan fingerprint density at radius 2 is 2.15 bits per heavy atom. The van der Waals surface area contributed by atoms with Gasteiger partial charge in [-0.2, -0.15) is 4.98 Å². The van der Waals surface area contributed by atoms with Gasteiger partial charge in [0.25, 0.3) is 0 Å². The van der Waals surface area contributed by atoms with Crippen molar-refractivity contribution in [3.63, 3.8) is 0 Å². The molecule has 0 aliphatic carbocycles. The number of nitrogens with one attached hydrogen (secondary N) is 1. The fourth-order valence-electron chi connectivity index (χ4n) is 1.46. The molecule has 20 heavy (non-hydrogen) atoms. The van der Waals surface area contributed by atoms with E-state index in [1.807, 2.05) is 0 Å². The first-order chi connectivity index (χ1) is 9.59. The Kier molecular flexibility index (Phi) is 7.72. The van der Waals surface area contributed by atoms with Gasteiger partial charge in [0.15, 0.2) is 0 Å². The predicted molar refractivity (Wildman–Crippen MR) is 79.8 cm³/mol. The highest BCUT2D eigenvalue weighted by Gasteiger charge is 2.02. The number of hydrogen-bond acceptors (Lipinski definition) is 5. The average molecular weight is 296 g/mol. The van der Waals surface area contributed by atoms with Crippen LogP contribution in [0.3, 0.4) is 0 Å². The van der Waals surface area contributed by atoms with Crippen LogP contribution in [0.25, 0.3) is 0 Å². The van der Waals surface area contributed by atoms with Crippen LogP contribution in [-0.2, 0) is 9.53 Å². The number of aromatic nitrogens is 2. The Hall–Kier alpha value is -1.56. The summed E-state index contributed by atoms with van der Waals surface area (Å²) in [5.41, 5.74) is 0.126. The molecule has 0 atom stereocenters. The highest BCUT2D eigenvalue weighted by atomic mass is 32.2. The van der Waals surface area contributed by atoms with E-state index in [-0.39, 0.29) is 11.7 Å². The van der Waals surface area contributed by atoms with Gasteiger partial charge in [-0.25, -0.2) is 9.59 Å². The molecule has 0 aliphatic rings. The summed E-state index contributed by atoms with van der Waals surface area (Å²) in [6, 6.07) is 1.79. The molecule has 1 aromatic rings. The maximum absolute atomic E-state index is 11.1. The number of rotatable bonds is 9. The molecule has 0 bridgehead atoms. The largest absolute Gasteiger partial charge is 0.462 e. The van der Waals surface area contributed by atoms with Gasteiger partial charge in [0.1, 0.15) is 5.03 Å². The summed E-state index contributed by atoms with van der Waals surface area (Å²) in [7, 11) is 0. The molecular weight excluding hydrogens is 276 g/mol. The van der Waals surface area contributed by atoms with E-state index in [4.69, 9.17) is 4.74 Å². The van der Waals surface area contributed by atoms with Crippen LogP contribution in [0.2, 0.25) is 0 Å². The zero-order chi connectivity index (χ0) is 14.8. The Labute approximate surface area is 122 Å². The van der Waals surface area contributed by atoms with Crippen LogP contribution >= 0.6 is 11.8 Å². The van der Waals surface area contributed by atoms with E-state index in [0.717, 1.165) is 36.5 Å². The molecule has 5 nitrogen and oxygen atoms in total. The second kappa shape index (κ2) is 9.36. The predicted octanol–water partition coefficient (Wildman–Crippen LogP) is 2.54. The highest BCUT2D eigenvalue weighted by molar-refractivity contribution is 7.99. The number of aromatic amines is 1. The lowest BCUT2D eigenvalue weighted by Gasteiger charge is -2.04. The quantitative estimate of drug-likeness (QED) is 0.249. The molecule has 1 rings (SSSR count). The van der Waals surface area contributed by atoms with Gasteiger partial charge in [-0.15, -0.1) is 11.8 Å². The van der Waals surface area contributed by atoms with Crippen molar-refractivity contribution in [2.24, 2.45) is 0 Å². The summed E-state index contributed by atoms with van der Waals surface area (Å²) in [6.45, 7) is 5.62. The van der Waals surface area contributed by atoms with Crippen molar-refractivity contribution in [3.05, 3.63) is 34.9 Å². The van der Waals surface area contributed by atoms with Gasteiger partial charge < -0.3 is 9.72 Å². The number of esters is 1. The Bertz CT molecular complexity index is 499. The second-order valence-electron chi connectivity index (χ2n) is 4.41. The van der Waals surface area contributed by atoms with Crippen molar-refractivity contribution in [1.82, 2.24) is 9.97 Å². The van der Waals surface area contributed by atoms with Crippen LogP contribution in [0.4, 0.5) is 0 Å². The third kappa shape index (κ3) is 7.13. The van der Waals surface area contributed by atoms with Crippen molar-refractivity contribution in [3.8, 4) is 0 Å². The van der Waals surface area contributed by atoms with Crippen LogP contribution in [0.1, 0.15) is 32.6 Å². The van der Waals surface area contributed by atoms with Crippen LogP contribution in [0, 0.1) is 0 Å². The van der Waals surface area contributed by atoms with Gasteiger partial charge in [0.05, 0.1) is 6.61 Å². The van der Waals surface area contributed by atoms with Gasteiger partial charge in [-0.3, -0.25) is 0 Å². The SMILES string of the molecule is C=C(C)C(=O)OCCCCCCSc1cc[nH]c(=O)n1. The summed E-state index contributed by atoms with van der Waals surface area (Å²) in [6.07, 6.45) is 5.61. The summed E-state index contributed by atoms with van der Waals surface area (Å²) in [4.78, 5) is 28.4. The maximum atomic E-state index is 11.1. The molecule has 0 unspecified atom stereocenters.